The standard InChI is InChI=1S/C14H19NO2/c1-11(2)12-4-3-5-14(10-12)17-9-7-13(16)6-8-15/h3-5,10-11,13,16H,6-7,9H2,1-2H3. The number of rotatable bonds is 6. The number of aliphatic hydroxyl groups is 1. The van der Waals surface area contributed by atoms with Gasteiger partial charge in [0, 0.05) is 6.42 Å². The van der Waals surface area contributed by atoms with E-state index < -0.39 is 6.10 Å². The third kappa shape index (κ3) is 4.88. The lowest BCUT2D eigenvalue weighted by atomic mass is 10.0. The molecule has 0 aliphatic rings. The van der Waals surface area contributed by atoms with Crippen molar-refractivity contribution >= 4 is 0 Å². The fourth-order valence-electron chi connectivity index (χ4n) is 1.48. The summed E-state index contributed by atoms with van der Waals surface area (Å²) in [4.78, 5) is 0. The molecule has 0 bridgehead atoms. The van der Waals surface area contributed by atoms with Gasteiger partial charge in [-0.3, -0.25) is 0 Å². The van der Waals surface area contributed by atoms with Gasteiger partial charge < -0.3 is 9.84 Å². The fourth-order valence-corrected chi connectivity index (χ4v) is 1.48. The van der Waals surface area contributed by atoms with Crippen molar-refractivity contribution in [3.63, 3.8) is 0 Å². The summed E-state index contributed by atoms with van der Waals surface area (Å²) in [5, 5.41) is 17.8. The van der Waals surface area contributed by atoms with E-state index in [1.807, 2.05) is 24.3 Å². The first-order valence-electron chi connectivity index (χ1n) is 5.91. The van der Waals surface area contributed by atoms with Crippen LogP contribution in [0.2, 0.25) is 0 Å². The molecular formula is C14H19NO2. The zero-order chi connectivity index (χ0) is 12.7. The number of hydrogen-bond donors (Lipinski definition) is 1. The second-order valence-electron chi connectivity index (χ2n) is 4.38. The van der Waals surface area contributed by atoms with Crippen molar-refractivity contribution in [2.75, 3.05) is 6.61 Å². The molecule has 1 aromatic rings. The van der Waals surface area contributed by atoms with E-state index in [2.05, 4.69) is 19.9 Å². The molecule has 0 radical (unpaired) electrons. The second kappa shape index (κ2) is 6.93. The van der Waals surface area contributed by atoms with Crippen LogP contribution in [0.25, 0.3) is 0 Å². The van der Waals surface area contributed by atoms with E-state index in [1.54, 1.807) is 0 Å². The van der Waals surface area contributed by atoms with Crippen LogP contribution in [-0.2, 0) is 0 Å². The summed E-state index contributed by atoms with van der Waals surface area (Å²) >= 11 is 0. The Kier molecular flexibility index (Phi) is 5.51. The third-order valence-corrected chi connectivity index (χ3v) is 2.57. The Morgan fingerprint density at radius 1 is 1.41 bits per heavy atom. The second-order valence-corrected chi connectivity index (χ2v) is 4.38. The maximum absolute atomic E-state index is 9.37. The molecule has 0 spiro atoms. The molecule has 0 heterocycles. The van der Waals surface area contributed by atoms with E-state index >= 15 is 0 Å². The minimum Gasteiger partial charge on any atom is -0.493 e. The van der Waals surface area contributed by atoms with Crippen molar-refractivity contribution in [3.8, 4) is 11.8 Å². The van der Waals surface area contributed by atoms with Crippen LogP contribution in [-0.4, -0.2) is 17.8 Å². The molecule has 0 fully saturated rings. The Morgan fingerprint density at radius 2 is 2.18 bits per heavy atom. The predicted molar refractivity (Wildman–Crippen MR) is 66.9 cm³/mol. The average Bonchev–Trinajstić information content (AvgIpc) is 2.30. The van der Waals surface area contributed by atoms with E-state index in [-0.39, 0.29) is 6.42 Å². The highest BCUT2D eigenvalue weighted by Crippen LogP contribution is 2.20. The largest absolute Gasteiger partial charge is 0.493 e. The smallest absolute Gasteiger partial charge is 0.119 e. The van der Waals surface area contributed by atoms with Crippen molar-refractivity contribution < 1.29 is 9.84 Å². The summed E-state index contributed by atoms with van der Waals surface area (Å²) in [6.45, 7) is 4.70. The minimum atomic E-state index is -0.590. The SMILES string of the molecule is CC(C)c1cccc(OCCC(O)CC#N)c1. The first-order valence-corrected chi connectivity index (χ1v) is 5.91. The summed E-state index contributed by atoms with van der Waals surface area (Å²) in [5.41, 5.74) is 1.24. The number of nitrogens with zero attached hydrogens (tertiary/aromatic N) is 1. The molecule has 3 heteroatoms. The van der Waals surface area contributed by atoms with Crippen LogP contribution in [0.3, 0.4) is 0 Å². The van der Waals surface area contributed by atoms with Crippen LogP contribution in [0.5, 0.6) is 5.75 Å². The molecule has 0 aliphatic carbocycles. The van der Waals surface area contributed by atoms with Gasteiger partial charge in [-0.15, -0.1) is 0 Å². The zero-order valence-corrected chi connectivity index (χ0v) is 10.4. The number of aliphatic hydroxyl groups excluding tert-OH is 1. The topological polar surface area (TPSA) is 53.2 Å². The van der Waals surface area contributed by atoms with Gasteiger partial charge in [0.1, 0.15) is 5.75 Å². The number of ether oxygens (including phenoxy) is 1. The van der Waals surface area contributed by atoms with Gasteiger partial charge in [-0.1, -0.05) is 26.0 Å². The lowest BCUT2D eigenvalue weighted by molar-refractivity contribution is 0.143. The van der Waals surface area contributed by atoms with Crippen LogP contribution in [0, 0.1) is 11.3 Å². The first-order chi connectivity index (χ1) is 8.13. The van der Waals surface area contributed by atoms with Gasteiger partial charge in [-0.25, -0.2) is 0 Å². The van der Waals surface area contributed by atoms with Crippen LogP contribution >= 0.6 is 0 Å². The fraction of sp³-hybridized carbons (Fsp3) is 0.500. The van der Waals surface area contributed by atoms with Crippen molar-refractivity contribution in [2.45, 2.75) is 38.7 Å². The Labute approximate surface area is 103 Å². The molecule has 1 unspecified atom stereocenters. The monoisotopic (exact) mass is 233 g/mol. The summed E-state index contributed by atoms with van der Waals surface area (Å²) in [6.07, 6.45) is 0.0581. The molecule has 0 saturated heterocycles. The van der Waals surface area contributed by atoms with Gasteiger partial charge >= 0.3 is 0 Å². The quantitative estimate of drug-likeness (QED) is 0.822. The van der Waals surface area contributed by atoms with Crippen molar-refractivity contribution in [3.05, 3.63) is 29.8 Å². The summed E-state index contributed by atoms with van der Waals surface area (Å²) < 4.78 is 5.54. The molecule has 0 aliphatic heterocycles. The van der Waals surface area contributed by atoms with Gasteiger partial charge in [-0.2, -0.15) is 5.26 Å². The highest BCUT2D eigenvalue weighted by atomic mass is 16.5. The molecule has 1 N–H and O–H groups in total. The highest BCUT2D eigenvalue weighted by molar-refractivity contribution is 5.30. The van der Waals surface area contributed by atoms with E-state index in [4.69, 9.17) is 10.00 Å². The predicted octanol–water partition coefficient (Wildman–Crippen LogP) is 2.85. The summed E-state index contributed by atoms with van der Waals surface area (Å²) in [7, 11) is 0. The molecule has 1 aromatic carbocycles. The average molecular weight is 233 g/mol. The molecular weight excluding hydrogens is 214 g/mol. The molecule has 0 amide bonds. The molecule has 17 heavy (non-hydrogen) atoms. The Bertz CT molecular complexity index is 382. The number of benzene rings is 1. The van der Waals surface area contributed by atoms with E-state index in [0.29, 0.717) is 18.9 Å². The Hall–Kier alpha value is -1.53. The van der Waals surface area contributed by atoms with Crippen LogP contribution in [0.15, 0.2) is 24.3 Å². The number of hydrogen-bond acceptors (Lipinski definition) is 3. The molecule has 1 atom stereocenters. The van der Waals surface area contributed by atoms with Gasteiger partial charge in [-0.05, 0) is 23.6 Å². The van der Waals surface area contributed by atoms with Gasteiger partial charge in [0.05, 0.1) is 25.2 Å². The van der Waals surface area contributed by atoms with E-state index in [1.165, 1.54) is 5.56 Å². The van der Waals surface area contributed by atoms with Gasteiger partial charge in [0.2, 0.25) is 0 Å². The van der Waals surface area contributed by atoms with E-state index in [9.17, 15) is 5.11 Å². The first kappa shape index (κ1) is 13.5. The maximum atomic E-state index is 9.37. The maximum Gasteiger partial charge on any atom is 0.119 e. The van der Waals surface area contributed by atoms with Crippen LogP contribution in [0.4, 0.5) is 0 Å². The molecule has 92 valence electrons. The lowest BCUT2D eigenvalue weighted by Gasteiger charge is -2.11. The lowest BCUT2D eigenvalue weighted by Crippen LogP contribution is -2.11. The van der Waals surface area contributed by atoms with Crippen molar-refractivity contribution in [1.29, 1.82) is 5.26 Å². The molecule has 1 rings (SSSR count). The Balaban J connectivity index is 2.42. The normalized spacial score (nSPS) is 12.2. The number of nitriles is 1. The Morgan fingerprint density at radius 3 is 2.82 bits per heavy atom. The highest BCUT2D eigenvalue weighted by Gasteiger charge is 2.04. The summed E-state index contributed by atoms with van der Waals surface area (Å²) in [5.74, 6) is 1.29. The van der Waals surface area contributed by atoms with Crippen LogP contribution in [0.1, 0.15) is 38.2 Å². The van der Waals surface area contributed by atoms with Crippen LogP contribution < -0.4 is 4.74 Å². The van der Waals surface area contributed by atoms with Crippen molar-refractivity contribution in [2.24, 2.45) is 0 Å². The minimum absolute atomic E-state index is 0.162. The summed E-state index contributed by atoms with van der Waals surface area (Å²) in [6, 6.07) is 9.90. The third-order valence-electron chi connectivity index (χ3n) is 2.57. The van der Waals surface area contributed by atoms with Gasteiger partial charge in [0.25, 0.3) is 0 Å². The molecule has 0 saturated carbocycles. The molecule has 3 nitrogen and oxygen atoms in total. The zero-order valence-electron chi connectivity index (χ0n) is 10.4. The molecule has 0 aromatic heterocycles. The van der Waals surface area contributed by atoms with Crippen molar-refractivity contribution in [1.82, 2.24) is 0 Å². The van der Waals surface area contributed by atoms with E-state index in [0.717, 1.165) is 5.75 Å². The van der Waals surface area contributed by atoms with Gasteiger partial charge in [0.15, 0.2) is 0 Å².